The third-order valence-corrected chi connectivity index (χ3v) is 4.70. The third kappa shape index (κ3) is 3.63. The van der Waals surface area contributed by atoms with Crippen molar-refractivity contribution in [3.8, 4) is 17.2 Å². The molecule has 0 fully saturated rings. The highest BCUT2D eigenvalue weighted by molar-refractivity contribution is 6.12. The van der Waals surface area contributed by atoms with Gasteiger partial charge in [-0.15, -0.1) is 0 Å². The molecule has 3 rings (SSSR count). The molecule has 6 heteroatoms. The fourth-order valence-corrected chi connectivity index (χ4v) is 3.22. The summed E-state index contributed by atoms with van der Waals surface area (Å²) in [7, 11) is 5.41. The Hall–Kier alpha value is -3.15. The molecule has 1 heterocycles. The smallest absolute Gasteiger partial charge is 0.231 e. The minimum atomic E-state index is -0.0632. The Balaban J connectivity index is 2.03. The lowest BCUT2D eigenvalue weighted by atomic mass is 9.91. The molecule has 1 aliphatic rings. The van der Waals surface area contributed by atoms with E-state index in [1.54, 1.807) is 19.2 Å². The van der Waals surface area contributed by atoms with Gasteiger partial charge in [-0.1, -0.05) is 13.8 Å². The minimum Gasteiger partial charge on any atom is -0.492 e. The van der Waals surface area contributed by atoms with E-state index in [-0.39, 0.29) is 18.5 Å². The van der Waals surface area contributed by atoms with Gasteiger partial charge in [0, 0.05) is 30.8 Å². The average molecular weight is 382 g/mol. The Bertz CT molecular complexity index is 932. The molecule has 0 amide bonds. The van der Waals surface area contributed by atoms with Crippen LogP contribution in [0.25, 0.3) is 6.08 Å². The molecule has 0 radical (unpaired) electrons. The summed E-state index contributed by atoms with van der Waals surface area (Å²) in [5, 5.41) is 0. The maximum absolute atomic E-state index is 13.2. The standard InChI is InChI=1S/C22H26N2O4/c1-13(2)16(20(25)14-6-8-18(24(3)4)17(23)11-14)10-15-7-9-19-22(21(15)26-5)28-12-27-19/h6-11,13H,12,23H2,1-5H3. The number of carbonyl (C=O) groups is 1. The first-order valence-corrected chi connectivity index (χ1v) is 9.13. The summed E-state index contributed by atoms with van der Waals surface area (Å²) >= 11 is 0. The van der Waals surface area contributed by atoms with Gasteiger partial charge in [0.2, 0.25) is 12.5 Å². The first-order valence-electron chi connectivity index (χ1n) is 9.13. The van der Waals surface area contributed by atoms with Crippen LogP contribution in [-0.4, -0.2) is 33.8 Å². The van der Waals surface area contributed by atoms with Crippen molar-refractivity contribution < 1.29 is 19.0 Å². The molecule has 0 unspecified atom stereocenters. The van der Waals surface area contributed by atoms with E-state index in [0.717, 1.165) is 11.3 Å². The number of nitrogens with two attached hydrogens (primary N) is 1. The summed E-state index contributed by atoms with van der Waals surface area (Å²) in [6.07, 6.45) is 1.85. The van der Waals surface area contributed by atoms with Gasteiger partial charge < -0.3 is 24.8 Å². The summed E-state index contributed by atoms with van der Waals surface area (Å²) in [6.45, 7) is 4.13. The quantitative estimate of drug-likeness (QED) is 0.463. The minimum absolute atomic E-state index is 0.0115. The topological polar surface area (TPSA) is 74.0 Å². The summed E-state index contributed by atoms with van der Waals surface area (Å²) in [5.41, 5.74) is 9.56. The number of allylic oxidation sites excluding steroid dienone is 1. The molecule has 0 saturated heterocycles. The van der Waals surface area contributed by atoms with E-state index >= 15 is 0 Å². The molecule has 28 heavy (non-hydrogen) atoms. The van der Waals surface area contributed by atoms with E-state index in [9.17, 15) is 4.79 Å². The maximum Gasteiger partial charge on any atom is 0.231 e. The van der Waals surface area contributed by atoms with Crippen molar-refractivity contribution in [3.05, 3.63) is 47.0 Å². The molecule has 2 aromatic carbocycles. The monoisotopic (exact) mass is 382 g/mol. The molecule has 0 spiro atoms. The highest BCUT2D eigenvalue weighted by Crippen LogP contribution is 2.44. The fraction of sp³-hybridized carbons (Fsp3) is 0.318. The number of nitrogen functional groups attached to an aromatic ring is 1. The number of nitrogens with zero attached hydrogens (tertiary/aromatic N) is 1. The normalized spacial score (nSPS) is 13.0. The highest BCUT2D eigenvalue weighted by atomic mass is 16.7. The number of carbonyl (C=O) groups excluding carboxylic acids is 1. The molecule has 0 saturated carbocycles. The first kappa shape index (κ1) is 19.6. The SMILES string of the molecule is COc1c(C=C(C(=O)c2ccc(N(C)C)c(N)c2)C(C)C)ccc2c1OCO2. The van der Waals surface area contributed by atoms with Crippen molar-refractivity contribution in [1.29, 1.82) is 0 Å². The summed E-state index contributed by atoms with van der Waals surface area (Å²) in [5.74, 6) is 1.71. The molecule has 0 aliphatic carbocycles. The van der Waals surface area contributed by atoms with Gasteiger partial charge in [-0.2, -0.15) is 0 Å². The molecule has 0 aromatic heterocycles. The van der Waals surface area contributed by atoms with Crippen LogP contribution in [0.5, 0.6) is 17.2 Å². The van der Waals surface area contributed by atoms with Crippen LogP contribution in [0.1, 0.15) is 29.8 Å². The fourth-order valence-electron chi connectivity index (χ4n) is 3.22. The van der Waals surface area contributed by atoms with Crippen LogP contribution in [0, 0.1) is 5.92 Å². The van der Waals surface area contributed by atoms with Gasteiger partial charge in [0.15, 0.2) is 17.3 Å². The van der Waals surface area contributed by atoms with E-state index in [4.69, 9.17) is 19.9 Å². The third-order valence-electron chi connectivity index (χ3n) is 4.70. The number of rotatable bonds is 6. The zero-order valence-electron chi connectivity index (χ0n) is 16.9. The number of anilines is 2. The predicted octanol–water partition coefficient (Wildman–Crippen LogP) is 3.99. The van der Waals surface area contributed by atoms with Crippen LogP contribution in [0.2, 0.25) is 0 Å². The lowest BCUT2D eigenvalue weighted by Crippen LogP contribution is -2.13. The van der Waals surface area contributed by atoms with Gasteiger partial charge in [0.05, 0.1) is 18.5 Å². The zero-order valence-corrected chi connectivity index (χ0v) is 16.9. The van der Waals surface area contributed by atoms with Crippen LogP contribution in [-0.2, 0) is 0 Å². The molecule has 2 N–H and O–H groups in total. The Kier molecular flexibility index (Phi) is 5.49. The number of Topliss-reactive ketones (excluding diaryl/α,β-unsaturated/α-hetero) is 1. The van der Waals surface area contributed by atoms with Crippen LogP contribution >= 0.6 is 0 Å². The molecule has 148 valence electrons. The lowest BCUT2D eigenvalue weighted by molar-refractivity contribution is 0.102. The molecule has 2 aromatic rings. The Morgan fingerprint density at radius 1 is 1.21 bits per heavy atom. The second-order valence-electron chi connectivity index (χ2n) is 7.17. The van der Waals surface area contributed by atoms with Gasteiger partial charge in [0.25, 0.3) is 0 Å². The number of ether oxygens (including phenoxy) is 3. The number of methoxy groups -OCH3 is 1. The van der Waals surface area contributed by atoms with Crippen molar-refractivity contribution in [2.24, 2.45) is 5.92 Å². The molecule has 0 atom stereocenters. The second-order valence-corrected chi connectivity index (χ2v) is 7.17. The van der Waals surface area contributed by atoms with Crippen molar-refractivity contribution in [2.45, 2.75) is 13.8 Å². The van der Waals surface area contributed by atoms with Gasteiger partial charge in [-0.25, -0.2) is 0 Å². The second kappa shape index (κ2) is 7.84. The summed E-state index contributed by atoms with van der Waals surface area (Å²) < 4.78 is 16.4. The van der Waals surface area contributed by atoms with Gasteiger partial charge in [-0.05, 0) is 42.3 Å². The highest BCUT2D eigenvalue weighted by Gasteiger charge is 2.23. The van der Waals surface area contributed by atoms with Crippen LogP contribution < -0.4 is 24.8 Å². The van der Waals surface area contributed by atoms with E-state index in [1.165, 1.54) is 0 Å². The van der Waals surface area contributed by atoms with Gasteiger partial charge >= 0.3 is 0 Å². The lowest BCUT2D eigenvalue weighted by Gasteiger charge is -2.17. The van der Waals surface area contributed by atoms with Crippen molar-refractivity contribution in [3.63, 3.8) is 0 Å². The molecule has 0 bridgehead atoms. The predicted molar refractivity (Wildman–Crippen MR) is 111 cm³/mol. The number of hydrogen-bond donors (Lipinski definition) is 1. The Morgan fingerprint density at radius 3 is 2.57 bits per heavy atom. The van der Waals surface area contributed by atoms with Crippen molar-refractivity contribution in [1.82, 2.24) is 0 Å². The average Bonchev–Trinajstić information content (AvgIpc) is 3.13. The van der Waals surface area contributed by atoms with E-state index in [2.05, 4.69) is 0 Å². The number of fused-ring (bicyclic) bond motifs is 1. The van der Waals surface area contributed by atoms with Crippen LogP contribution in [0.4, 0.5) is 11.4 Å². The molecular formula is C22H26N2O4. The first-order chi connectivity index (χ1) is 13.3. The van der Waals surface area contributed by atoms with E-state index in [0.29, 0.717) is 34.1 Å². The van der Waals surface area contributed by atoms with Crippen molar-refractivity contribution in [2.75, 3.05) is 38.6 Å². The Morgan fingerprint density at radius 2 is 1.96 bits per heavy atom. The van der Waals surface area contributed by atoms with Crippen LogP contribution in [0.3, 0.4) is 0 Å². The van der Waals surface area contributed by atoms with E-state index < -0.39 is 0 Å². The van der Waals surface area contributed by atoms with E-state index in [1.807, 2.05) is 57.1 Å². The van der Waals surface area contributed by atoms with Gasteiger partial charge in [-0.3, -0.25) is 4.79 Å². The maximum atomic E-state index is 13.2. The van der Waals surface area contributed by atoms with Crippen LogP contribution in [0.15, 0.2) is 35.9 Å². The zero-order chi connectivity index (χ0) is 20.4. The number of hydrogen-bond acceptors (Lipinski definition) is 6. The molecule has 1 aliphatic heterocycles. The summed E-state index contributed by atoms with van der Waals surface area (Å²) in [6, 6.07) is 9.09. The van der Waals surface area contributed by atoms with Crippen molar-refractivity contribution >= 4 is 23.2 Å². The Labute approximate surface area is 165 Å². The molecular weight excluding hydrogens is 356 g/mol. The molecule has 6 nitrogen and oxygen atoms in total. The number of ketones is 1. The number of benzene rings is 2. The summed E-state index contributed by atoms with van der Waals surface area (Å²) in [4.78, 5) is 15.1. The van der Waals surface area contributed by atoms with Gasteiger partial charge in [0.1, 0.15) is 0 Å². The largest absolute Gasteiger partial charge is 0.492 e.